The molecule has 0 aliphatic carbocycles. The van der Waals surface area contributed by atoms with Crippen LogP contribution in [-0.2, 0) is 4.79 Å². The van der Waals surface area contributed by atoms with Gasteiger partial charge in [-0.2, -0.15) is 0 Å². The van der Waals surface area contributed by atoms with Gasteiger partial charge in [-0.05, 0) is 19.1 Å². The lowest BCUT2D eigenvalue weighted by Crippen LogP contribution is -2.36. The van der Waals surface area contributed by atoms with Gasteiger partial charge in [-0.1, -0.05) is 24.0 Å². The van der Waals surface area contributed by atoms with E-state index in [0.717, 1.165) is 0 Å². The highest BCUT2D eigenvalue weighted by atomic mass is 16.2. The Bertz CT molecular complexity index is 529. The van der Waals surface area contributed by atoms with Crippen molar-refractivity contribution in [1.29, 1.82) is 0 Å². The van der Waals surface area contributed by atoms with E-state index in [-0.39, 0.29) is 24.9 Å². The molecule has 0 bridgehead atoms. The van der Waals surface area contributed by atoms with Crippen LogP contribution in [0.4, 0.5) is 0 Å². The molecule has 0 aliphatic heterocycles. The Morgan fingerprint density at radius 3 is 2.68 bits per heavy atom. The Morgan fingerprint density at radius 2 is 2.05 bits per heavy atom. The fourth-order valence-corrected chi connectivity index (χ4v) is 1.59. The number of carbonyl (C=O) groups excluding carboxylic acids is 2. The number of carbonyl (C=O) groups is 2. The third-order valence-corrected chi connectivity index (χ3v) is 2.38. The lowest BCUT2D eigenvalue weighted by atomic mass is 10.1. The third kappa shape index (κ3) is 4.82. The SMILES string of the molecule is CC(CC(N)=O)NC(=O)c1ccccc1C#CCN. The van der Waals surface area contributed by atoms with Gasteiger partial charge in [0.25, 0.3) is 5.91 Å². The summed E-state index contributed by atoms with van der Waals surface area (Å²) in [4.78, 5) is 22.8. The second kappa shape index (κ2) is 7.19. The zero-order chi connectivity index (χ0) is 14.3. The fourth-order valence-electron chi connectivity index (χ4n) is 1.59. The Morgan fingerprint density at radius 1 is 1.37 bits per heavy atom. The summed E-state index contributed by atoms with van der Waals surface area (Å²) in [6, 6.07) is 6.65. The maximum absolute atomic E-state index is 12.1. The zero-order valence-corrected chi connectivity index (χ0v) is 10.8. The summed E-state index contributed by atoms with van der Waals surface area (Å²) >= 11 is 0. The highest BCUT2D eigenvalue weighted by Crippen LogP contribution is 2.07. The predicted molar refractivity (Wildman–Crippen MR) is 73.1 cm³/mol. The van der Waals surface area contributed by atoms with Crippen LogP contribution in [0.15, 0.2) is 24.3 Å². The van der Waals surface area contributed by atoms with Crippen LogP contribution in [0.25, 0.3) is 0 Å². The molecule has 5 nitrogen and oxygen atoms in total. The second-order valence-corrected chi connectivity index (χ2v) is 4.10. The lowest BCUT2D eigenvalue weighted by Gasteiger charge is -2.12. The molecule has 19 heavy (non-hydrogen) atoms. The number of hydrogen-bond donors (Lipinski definition) is 3. The summed E-state index contributed by atoms with van der Waals surface area (Å²) < 4.78 is 0. The van der Waals surface area contributed by atoms with E-state index in [1.165, 1.54) is 0 Å². The molecule has 0 saturated carbocycles. The Labute approximate surface area is 112 Å². The molecule has 1 atom stereocenters. The van der Waals surface area contributed by atoms with Crippen LogP contribution in [-0.4, -0.2) is 24.4 Å². The summed E-state index contributed by atoms with van der Waals surface area (Å²) in [5.41, 5.74) is 11.5. The molecule has 0 heterocycles. The maximum atomic E-state index is 12.1. The third-order valence-electron chi connectivity index (χ3n) is 2.38. The molecule has 5 heteroatoms. The first-order chi connectivity index (χ1) is 9.04. The quantitative estimate of drug-likeness (QED) is 0.663. The first-order valence-electron chi connectivity index (χ1n) is 5.91. The van der Waals surface area contributed by atoms with Gasteiger partial charge in [0.2, 0.25) is 5.91 Å². The van der Waals surface area contributed by atoms with Gasteiger partial charge in [-0.15, -0.1) is 0 Å². The van der Waals surface area contributed by atoms with Crippen molar-refractivity contribution < 1.29 is 9.59 Å². The van der Waals surface area contributed by atoms with Crippen molar-refractivity contribution in [1.82, 2.24) is 5.32 Å². The summed E-state index contributed by atoms with van der Waals surface area (Å²) in [5.74, 6) is 4.81. The molecule has 100 valence electrons. The van der Waals surface area contributed by atoms with Gasteiger partial charge in [0.1, 0.15) is 0 Å². The van der Waals surface area contributed by atoms with Crippen molar-refractivity contribution in [2.75, 3.05) is 6.54 Å². The molecule has 2 amide bonds. The molecule has 5 N–H and O–H groups in total. The van der Waals surface area contributed by atoms with E-state index in [1.54, 1.807) is 31.2 Å². The van der Waals surface area contributed by atoms with Crippen LogP contribution >= 0.6 is 0 Å². The van der Waals surface area contributed by atoms with Gasteiger partial charge in [0.15, 0.2) is 0 Å². The van der Waals surface area contributed by atoms with E-state index in [4.69, 9.17) is 11.5 Å². The van der Waals surface area contributed by atoms with E-state index < -0.39 is 5.91 Å². The molecule has 1 rings (SSSR count). The molecule has 1 aromatic rings. The minimum Gasteiger partial charge on any atom is -0.370 e. The zero-order valence-electron chi connectivity index (χ0n) is 10.8. The van der Waals surface area contributed by atoms with Crippen LogP contribution in [0.1, 0.15) is 29.3 Å². The topological polar surface area (TPSA) is 98.2 Å². The average molecular weight is 259 g/mol. The van der Waals surface area contributed by atoms with Crippen LogP contribution < -0.4 is 16.8 Å². The fraction of sp³-hybridized carbons (Fsp3) is 0.286. The summed E-state index contributed by atoms with van der Waals surface area (Å²) in [5, 5.41) is 2.71. The molecular weight excluding hydrogens is 242 g/mol. The summed E-state index contributed by atoms with van der Waals surface area (Å²) in [6.45, 7) is 1.95. The molecule has 0 radical (unpaired) electrons. The minimum absolute atomic E-state index is 0.0996. The molecule has 0 aromatic heterocycles. The van der Waals surface area contributed by atoms with E-state index >= 15 is 0 Å². The molecule has 1 aromatic carbocycles. The Kier molecular flexibility index (Phi) is 5.58. The number of nitrogens with two attached hydrogens (primary N) is 2. The van der Waals surface area contributed by atoms with Gasteiger partial charge < -0.3 is 16.8 Å². The van der Waals surface area contributed by atoms with Crippen molar-refractivity contribution in [2.24, 2.45) is 11.5 Å². The van der Waals surface area contributed by atoms with Crippen LogP contribution in [0, 0.1) is 11.8 Å². The highest BCUT2D eigenvalue weighted by molar-refractivity contribution is 5.97. The second-order valence-electron chi connectivity index (χ2n) is 4.10. The highest BCUT2D eigenvalue weighted by Gasteiger charge is 2.13. The van der Waals surface area contributed by atoms with E-state index in [9.17, 15) is 9.59 Å². The van der Waals surface area contributed by atoms with Gasteiger partial charge in [0.05, 0.1) is 12.1 Å². The summed E-state index contributed by atoms with van der Waals surface area (Å²) in [6.07, 6.45) is 0.0996. The number of rotatable bonds is 4. The molecular formula is C14H17N3O2. The number of hydrogen-bond acceptors (Lipinski definition) is 3. The van der Waals surface area contributed by atoms with Crippen molar-refractivity contribution >= 4 is 11.8 Å². The number of amides is 2. The van der Waals surface area contributed by atoms with Crippen molar-refractivity contribution in [3.05, 3.63) is 35.4 Å². The number of nitrogens with one attached hydrogen (secondary N) is 1. The van der Waals surface area contributed by atoms with Gasteiger partial charge in [-0.25, -0.2) is 0 Å². The molecule has 0 saturated heterocycles. The molecule has 0 fully saturated rings. The predicted octanol–water partition coefficient (Wildman–Crippen LogP) is -0.00950. The van der Waals surface area contributed by atoms with Crippen LogP contribution in [0.2, 0.25) is 0 Å². The largest absolute Gasteiger partial charge is 0.370 e. The lowest BCUT2D eigenvalue weighted by molar-refractivity contribution is -0.118. The first kappa shape index (κ1) is 14.7. The van der Waals surface area contributed by atoms with Crippen molar-refractivity contribution in [3.8, 4) is 11.8 Å². The van der Waals surface area contributed by atoms with E-state index in [2.05, 4.69) is 17.2 Å². The van der Waals surface area contributed by atoms with Gasteiger partial charge in [0, 0.05) is 18.0 Å². The maximum Gasteiger partial charge on any atom is 0.252 e. The number of benzene rings is 1. The van der Waals surface area contributed by atoms with Crippen LogP contribution in [0.3, 0.4) is 0 Å². The normalized spacial score (nSPS) is 11.1. The summed E-state index contributed by atoms with van der Waals surface area (Å²) in [7, 11) is 0. The molecule has 0 spiro atoms. The smallest absolute Gasteiger partial charge is 0.252 e. The monoisotopic (exact) mass is 259 g/mol. The van der Waals surface area contributed by atoms with Crippen LogP contribution in [0.5, 0.6) is 0 Å². The standard InChI is InChI=1S/C14H17N3O2/c1-10(9-13(16)18)17-14(19)12-7-3-2-5-11(12)6-4-8-15/h2-3,5,7,10H,8-9,15H2,1H3,(H2,16,18)(H,17,19). The Balaban J connectivity index is 2.85. The Hall–Kier alpha value is -2.32. The van der Waals surface area contributed by atoms with Gasteiger partial charge in [-0.3, -0.25) is 9.59 Å². The van der Waals surface area contributed by atoms with E-state index in [0.29, 0.717) is 11.1 Å². The molecule has 0 aliphatic rings. The van der Waals surface area contributed by atoms with Crippen molar-refractivity contribution in [2.45, 2.75) is 19.4 Å². The van der Waals surface area contributed by atoms with Crippen molar-refractivity contribution in [3.63, 3.8) is 0 Å². The van der Waals surface area contributed by atoms with Gasteiger partial charge >= 0.3 is 0 Å². The first-order valence-corrected chi connectivity index (χ1v) is 5.91. The minimum atomic E-state index is -0.455. The average Bonchev–Trinajstić information content (AvgIpc) is 2.35. The number of primary amides is 1. The van der Waals surface area contributed by atoms with E-state index in [1.807, 2.05) is 0 Å². The molecule has 1 unspecified atom stereocenters.